The topological polar surface area (TPSA) is 68.5 Å². The molecule has 0 aliphatic rings. The van der Waals surface area contributed by atoms with E-state index in [0.717, 1.165) is 6.07 Å². The van der Waals surface area contributed by atoms with Gasteiger partial charge in [0.2, 0.25) is 0 Å². The Hall–Kier alpha value is -3.01. The van der Waals surface area contributed by atoms with Crippen molar-refractivity contribution in [3.8, 4) is 23.3 Å². The number of hydrogen-bond donors (Lipinski definition) is 0. The Bertz CT molecular complexity index is 1070. The van der Waals surface area contributed by atoms with Crippen molar-refractivity contribution in [3.63, 3.8) is 0 Å². The summed E-state index contributed by atoms with van der Waals surface area (Å²) in [7, 11) is 0. The molecule has 8 heteroatoms. The Labute approximate surface area is 169 Å². The van der Waals surface area contributed by atoms with Crippen LogP contribution >= 0.6 is 23.5 Å². The van der Waals surface area contributed by atoms with Crippen molar-refractivity contribution in [2.75, 3.05) is 0 Å². The van der Waals surface area contributed by atoms with Gasteiger partial charge >= 0.3 is 5.97 Å². The summed E-state index contributed by atoms with van der Waals surface area (Å²) in [5, 5.41) is 10.1. The molecule has 1 unspecified atom stereocenters. The molecular weight excluding hydrogens is 408 g/mol. The molecule has 0 aliphatic carbocycles. The molecule has 0 saturated heterocycles. The van der Waals surface area contributed by atoms with Crippen molar-refractivity contribution in [3.05, 3.63) is 64.9 Å². The lowest BCUT2D eigenvalue weighted by Crippen LogP contribution is -2.23. The van der Waals surface area contributed by atoms with Crippen molar-refractivity contribution < 1.29 is 22.9 Å². The number of benzene rings is 3. The minimum Gasteiger partial charge on any atom is -0.478 e. The first-order valence-electron chi connectivity index (χ1n) is 8.02. The van der Waals surface area contributed by atoms with Crippen LogP contribution in [0.4, 0.5) is 4.39 Å². The quantitative estimate of drug-likeness (QED) is 0.525. The van der Waals surface area contributed by atoms with Crippen LogP contribution in [0.2, 0.25) is 5.02 Å². The van der Waals surface area contributed by atoms with Crippen molar-refractivity contribution in [1.29, 1.82) is 5.26 Å². The molecule has 0 N–H and O–H groups in total. The van der Waals surface area contributed by atoms with Crippen LogP contribution in [0.25, 0.3) is 10.8 Å². The number of fused-ring (bicyclic) bond motifs is 1. The molecular formula is C20H12Cl2FNO4. The van der Waals surface area contributed by atoms with Gasteiger partial charge in [0.05, 0.1) is 16.7 Å². The highest BCUT2D eigenvalue weighted by Crippen LogP contribution is 2.38. The van der Waals surface area contributed by atoms with Crippen molar-refractivity contribution in [2.45, 2.75) is 13.0 Å². The summed E-state index contributed by atoms with van der Waals surface area (Å²) in [5.74, 6) is -0.979. The van der Waals surface area contributed by atoms with Crippen LogP contribution in [-0.4, -0.2) is 12.1 Å². The normalized spacial score (nSPS) is 11.5. The fourth-order valence-electron chi connectivity index (χ4n) is 2.58. The Balaban J connectivity index is 2.02. The molecule has 0 saturated carbocycles. The van der Waals surface area contributed by atoms with E-state index in [0.29, 0.717) is 22.3 Å². The first kappa shape index (κ1) is 19.7. The second-order valence-electron chi connectivity index (χ2n) is 5.75. The largest absolute Gasteiger partial charge is 0.478 e. The van der Waals surface area contributed by atoms with E-state index in [1.165, 1.54) is 13.0 Å². The Kier molecular flexibility index (Phi) is 5.88. The van der Waals surface area contributed by atoms with Gasteiger partial charge in [-0.1, -0.05) is 35.9 Å². The van der Waals surface area contributed by atoms with Gasteiger partial charge in [0.1, 0.15) is 23.4 Å². The number of carbonyl (C=O) groups excluding carboxylic acids is 1. The average Bonchev–Trinajstić information content (AvgIpc) is 2.70. The molecule has 1 atom stereocenters. The fraction of sp³-hybridized carbons (Fsp3) is 0.100. The molecule has 0 aliphatic heterocycles. The number of nitriles is 1. The van der Waals surface area contributed by atoms with Gasteiger partial charge in [0, 0.05) is 10.8 Å². The van der Waals surface area contributed by atoms with E-state index in [9.17, 15) is 9.18 Å². The summed E-state index contributed by atoms with van der Waals surface area (Å²) in [5.41, 5.74) is 0.0867. The minimum absolute atomic E-state index is 0.0283. The first-order valence-corrected chi connectivity index (χ1v) is 8.71. The third-order valence-corrected chi connectivity index (χ3v) is 4.33. The molecule has 0 bridgehead atoms. The fourth-order valence-corrected chi connectivity index (χ4v) is 2.95. The Morgan fingerprint density at radius 3 is 2.39 bits per heavy atom. The van der Waals surface area contributed by atoms with Crippen molar-refractivity contribution in [2.24, 2.45) is 0 Å². The van der Waals surface area contributed by atoms with E-state index >= 15 is 0 Å². The van der Waals surface area contributed by atoms with E-state index in [-0.39, 0.29) is 16.3 Å². The summed E-state index contributed by atoms with van der Waals surface area (Å²) < 4.78 is 29.8. The maximum absolute atomic E-state index is 14.3. The standard InChI is InChI=1S/C20H12Cl2FNO4/c1-11(20(25)28-22)26-17-6-2-5-14-13(17)4-3-7-18(14)27-19-15(21)8-12(10-24)9-16(19)23/h2-9,11H,1H3. The van der Waals surface area contributed by atoms with Gasteiger partial charge in [-0.3, -0.25) is 0 Å². The summed E-state index contributed by atoms with van der Waals surface area (Å²) in [6.07, 6.45) is -0.932. The minimum atomic E-state index is -0.932. The van der Waals surface area contributed by atoms with E-state index in [2.05, 4.69) is 4.29 Å². The molecule has 3 aromatic carbocycles. The van der Waals surface area contributed by atoms with Gasteiger partial charge < -0.3 is 13.8 Å². The van der Waals surface area contributed by atoms with E-state index in [1.807, 2.05) is 6.07 Å². The molecule has 3 aromatic rings. The molecule has 5 nitrogen and oxygen atoms in total. The highest BCUT2D eigenvalue weighted by molar-refractivity contribution is 6.32. The number of nitrogens with zero attached hydrogens (tertiary/aromatic N) is 1. The van der Waals surface area contributed by atoms with Gasteiger partial charge in [0.15, 0.2) is 17.7 Å². The number of ether oxygens (including phenoxy) is 2. The monoisotopic (exact) mass is 419 g/mol. The lowest BCUT2D eigenvalue weighted by atomic mass is 10.1. The number of halogens is 3. The third-order valence-electron chi connectivity index (χ3n) is 3.89. The van der Waals surface area contributed by atoms with Crippen LogP contribution in [0.3, 0.4) is 0 Å². The number of carbonyl (C=O) groups is 1. The lowest BCUT2D eigenvalue weighted by molar-refractivity contribution is -0.140. The zero-order valence-corrected chi connectivity index (χ0v) is 15.9. The Morgan fingerprint density at radius 2 is 1.79 bits per heavy atom. The summed E-state index contributed by atoms with van der Waals surface area (Å²) in [6.45, 7) is 1.50. The summed E-state index contributed by atoms with van der Waals surface area (Å²) in [4.78, 5) is 11.5. The van der Waals surface area contributed by atoms with Gasteiger partial charge in [-0.25, -0.2) is 9.18 Å². The zero-order chi connectivity index (χ0) is 20.3. The predicted octanol–water partition coefficient (Wildman–Crippen LogP) is 5.76. The molecule has 0 spiro atoms. The lowest BCUT2D eigenvalue weighted by Gasteiger charge is -2.15. The first-order chi connectivity index (χ1) is 13.4. The molecule has 0 amide bonds. The predicted molar refractivity (Wildman–Crippen MR) is 102 cm³/mol. The van der Waals surface area contributed by atoms with Crippen LogP contribution in [0.15, 0.2) is 48.5 Å². The van der Waals surface area contributed by atoms with Gasteiger partial charge in [-0.2, -0.15) is 5.26 Å². The van der Waals surface area contributed by atoms with Crippen LogP contribution in [0.1, 0.15) is 12.5 Å². The average molecular weight is 420 g/mol. The van der Waals surface area contributed by atoms with Gasteiger partial charge in [0.25, 0.3) is 0 Å². The molecule has 0 aromatic heterocycles. The van der Waals surface area contributed by atoms with E-state index < -0.39 is 17.9 Å². The van der Waals surface area contributed by atoms with E-state index in [4.69, 9.17) is 38.2 Å². The summed E-state index contributed by atoms with van der Waals surface area (Å²) >= 11 is 11.1. The smallest absolute Gasteiger partial charge is 0.365 e. The highest BCUT2D eigenvalue weighted by atomic mass is 35.5. The van der Waals surface area contributed by atoms with Crippen molar-refractivity contribution in [1.82, 2.24) is 0 Å². The van der Waals surface area contributed by atoms with Crippen LogP contribution in [0.5, 0.6) is 17.2 Å². The molecule has 0 heterocycles. The molecule has 28 heavy (non-hydrogen) atoms. The maximum Gasteiger partial charge on any atom is 0.365 e. The molecule has 142 valence electrons. The summed E-state index contributed by atoms with van der Waals surface area (Å²) in [6, 6.07) is 14.4. The highest BCUT2D eigenvalue weighted by Gasteiger charge is 2.19. The van der Waals surface area contributed by atoms with E-state index in [1.54, 1.807) is 36.4 Å². The van der Waals surface area contributed by atoms with Crippen LogP contribution < -0.4 is 9.47 Å². The second-order valence-corrected chi connectivity index (χ2v) is 6.31. The van der Waals surface area contributed by atoms with Gasteiger partial charge in [-0.05, 0) is 31.2 Å². The number of hydrogen-bond acceptors (Lipinski definition) is 5. The number of rotatable bonds is 5. The van der Waals surface area contributed by atoms with Gasteiger partial charge in [-0.15, -0.1) is 0 Å². The van der Waals surface area contributed by atoms with Crippen LogP contribution in [-0.2, 0) is 9.08 Å². The zero-order valence-electron chi connectivity index (χ0n) is 14.4. The molecule has 3 rings (SSSR count). The van der Waals surface area contributed by atoms with Crippen LogP contribution in [0, 0.1) is 17.1 Å². The molecule has 0 radical (unpaired) electrons. The third kappa shape index (κ3) is 3.96. The SMILES string of the molecule is CC(Oc1cccc2c(Oc3c(F)cc(C#N)cc3Cl)cccc12)C(=O)OCl. The van der Waals surface area contributed by atoms with Crippen molar-refractivity contribution >= 4 is 40.2 Å². The molecule has 0 fully saturated rings. The second kappa shape index (κ2) is 8.34. The Morgan fingerprint density at radius 1 is 1.14 bits per heavy atom. The maximum atomic E-state index is 14.3.